The van der Waals surface area contributed by atoms with Crippen LogP contribution in [0, 0.1) is 0 Å². The summed E-state index contributed by atoms with van der Waals surface area (Å²) >= 11 is 3.63. The van der Waals surface area contributed by atoms with Gasteiger partial charge in [0.05, 0.1) is 0 Å². The molecule has 1 aliphatic heterocycles. The van der Waals surface area contributed by atoms with Crippen LogP contribution in [0.5, 0.6) is 0 Å². The largest absolute Gasteiger partial charge is 0.379 e. The molecule has 76 valence electrons. The van der Waals surface area contributed by atoms with E-state index in [0.29, 0.717) is 5.92 Å². The fourth-order valence-corrected chi connectivity index (χ4v) is 2.92. The standard InChI is InChI=1S/C12H16BrN/c1-4-12(3)8(2)11-9(13)6-5-7-10(11)14-12/h5-8,14H,4H2,1-3H3. The number of benzene rings is 1. The highest BCUT2D eigenvalue weighted by Gasteiger charge is 2.38. The monoisotopic (exact) mass is 253 g/mol. The predicted octanol–water partition coefficient (Wildman–Crippen LogP) is 4.15. The smallest absolute Gasteiger partial charge is 0.0410 e. The molecule has 0 aromatic heterocycles. The van der Waals surface area contributed by atoms with Crippen LogP contribution in [0.25, 0.3) is 0 Å². The van der Waals surface area contributed by atoms with E-state index in [9.17, 15) is 0 Å². The lowest BCUT2D eigenvalue weighted by Crippen LogP contribution is -2.33. The molecule has 1 nitrogen and oxygen atoms in total. The molecule has 1 aromatic carbocycles. The van der Waals surface area contributed by atoms with E-state index in [4.69, 9.17) is 0 Å². The molecule has 0 saturated heterocycles. The van der Waals surface area contributed by atoms with Crippen molar-refractivity contribution in [2.24, 2.45) is 0 Å². The first-order chi connectivity index (χ1) is 6.58. The van der Waals surface area contributed by atoms with Gasteiger partial charge in [-0.15, -0.1) is 0 Å². The second kappa shape index (κ2) is 3.27. The quantitative estimate of drug-likeness (QED) is 0.793. The maximum absolute atomic E-state index is 3.63. The maximum Gasteiger partial charge on any atom is 0.0410 e. The van der Waals surface area contributed by atoms with Gasteiger partial charge in [0.2, 0.25) is 0 Å². The number of nitrogens with one attached hydrogen (secondary N) is 1. The van der Waals surface area contributed by atoms with Crippen LogP contribution in [-0.2, 0) is 0 Å². The lowest BCUT2D eigenvalue weighted by Gasteiger charge is -2.28. The zero-order valence-corrected chi connectivity index (χ0v) is 10.5. The SMILES string of the molecule is CCC1(C)Nc2cccc(Br)c2C1C. The van der Waals surface area contributed by atoms with Crippen molar-refractivity contribution in [3.63, 3.8) is 0 Å². The van der Waals surface area contributed by atoms with Gasteiger partial charge in [0, 0.05) is 21.6 Å². The predicted molar refractivity (Wildman–Crippen MR) is 64.9 cm³/mol. The van der Waals surface area contributed by atoms with Gasteiger partial charge >= 0.3 is 0 Å². The third kappa shape index (κ3) is 1.28. The van der Waals surface area contributed by atoms with Gasteiger partial charge in [0.1, 0.15) is 0 Å². The zero-order valence-electron chi connectivity index (χ0n) is 8.89. The summed E-state index contributed by atoms with van der Waals surface area (Å²) < 4.78 is 1.23. The molecule has 14 heavy (non-hydrogen) atoms. The van der Waals surface area contributed by atoms with Crippen molar-refractivity contribution in [2.75, 3.05) is 5.32 Å². The van der Waals surface area contributed by atoms with E-state index in [0.717, 1.165) is 6.42 Å². The summed E-state index contributed by atoms with van der Waals surface area (Å²) in [6.07, 6.45) is 1.15. The Morgan fingerprint density at radius 2 is 2.21 bits per heavy atom. The number of anilines is 1. The van der Waals surface area contributed by atoms with E-state index >= 15 is 0 Å². The number of hydrogen-bond donors (Lipinski definition) is 1. The molecule has 0 saturated carbocycles. The minimum Gasteiger partial charge on any atom is -0.379 e. The van der Waals surface area contributed by atoms with Crippen LogP contribution in [0.3, 0.4) is 0 Å². The van der Waals surface area contributed by atoms with E-state index in [1.54, 1.807) is 0 Å². The minimum absolute atomic E-state index is 0.214. The first-order valence-corrected chi connectivity index (χ1v) is 5.94. The van der Waals surface area contributed by atoms with Crippen LogP contribution >= 0.6 is 15.9 Å². The fraction of sp³-hybridized carbons (Fsp3) is 0.500. The third-order valence-corrected chi connectivity index (χ3v) is 4.29. The highest BCUT2D eigenvalue weighted by Crippen LogP contribution is 2.46. The second-order valence-corrected chi connectivity index (χ2v) is 5.17. The molecule has 2 atom stereocenters. The van der Waals surface area contributed by atoms with Crippen molar-refractivity contribution in [3.8, 4) is 0 Å². The van der Waals surface area contributed by atoms with Crippen molar-refractivity contribution in [2.45, 2.75) is 38.6 Å². The second-order valence-electron chi connectivity index (χ2n) is 4.32. The Balaban J connectivity index is 2.51. The van der Waals surface area contributed by atoms with Gasteiger partial charge in [0.15, 0.2) is 0 Å². The van der Waals surface area contributed by atoms with Gasteiger partial charge < -0.3 is 5.32 Å². The molecule has 0 aliphatic carbocycles. The molecule has 0 spiro atoms. The molecular formula is C12H16BrN. The third-order valence-electron chi connectivity index (χ3n) is 3.60. The number of fused-ring (bicyclic) bond motifs is 1. The average Bonchev–Trinajstić information content (AvgIpc) is 2.42. The van der Waals surface area contributed by atoms with Crippen LogP contribution < -0.4 is 5.32 Å². The molecule has 2 heteroatoms. The Morgan fingerprint density at radius 3 is 2.79 bits per heavy atom. The lowest BCUT2D eigenvalue weighted by atomic mass is 9.84. The van der Waals surface area contributed by atoms with Gasteiger partial charge in [-0.05, 0) is 31.0 Å². The van der Waals surface area contributed by atoms with Crippen LogP contribution in [0.15, 0.2) is 22.7 Å². The number of hydrogen-bond acceptors (Lipinski definition) is 1. The molecule has 1 aliphatic rings. The van der Waals surface area contributed by atoms with Gasteiger partial charge in [-0.2, -0.15) is 0 Å². The molecule has 0 fully saturated rings. The number of rotatable bonds is 1. The Hall–Kier alpha value is -0.500. The van der Waals surface area contributed by atoms with Crippen LogP contribution in [0.4, 0.5) is 5.69 Å². The first kappa shape index (κ1) is 10.0. The average molecular weight is 254 g/mol. The number of halogens is 1. The summed E-state index contributed by atoms with van der Waals surface area (Å²) in [4.78, 5) is 0. The fourth-order valence-electron chi connectivity index (χ4n) is 2.22. The Labute approximate surface area is 94.0 Å². The Morgan fingerprint density at radius 1 is 1.50 bits per heavy atom. The van der Waals surface area contributed by atoms with Crippen LogP contribution in [0.2, 0.25) is 0 Å². The van der Waals surface area contributed by atoms with Crippen molar-refractivity contribution in [1.29, 1.82) is 0 Å². The molecule has 2 unspecified atom stereocenters. The highest BCUT2D eigenvalue weighted by molar-refractivity contribution is 9.10. The molecule has 0 bridgehead atoms. The van der Waals surface area contributed by atoms with E-state index in [1.807, 2.05) is 0 Å². The molecule has 1 aromatic rings. The van der Waals surface area contributed by atoms with Crippen molar-refractivity contribution >= 4 is 21.6 Å². The van der Waals surface area contributed by atoms with E-state index in [2.05, 4.69) is 60.2 Å². The summed E-state index contributed by atoms with van der Waals surface area (Å²) in [5.74, 6) is 0.568. The van der Waals surface area contributed by atoms with Crippen molar-refractivity contribution < 1.29 is 0 Å². The summed E-state index contributed by atoms with van der Waals surface area (Å²) in [5, 5.41) is 3.62. The Kier molecular flexibility index (Phi) is 2.34. The first-order valence-electron chi connectivity index (χ1n) is 5.15. The van der Waals surface area contributed by atoms with Gasteiger partial charge in [-0.3, -0.25) is 0 Å². The van der Waals surface area contributed by atoms with Crippen molar-refractivity contribution in [1.82, 2.24) is 0 Å². The maximum atomic E-state index is 3.63. The molecule has 1 heterocycles. The van der Waals surface area contributed by atoms with E-state index in [-0.39, 0.29) is 5.54 Å². The van der Waals surface area contributed by atoms with E-state index in [1.165, 1.54) is 15.7 Å². The summed E-state index contributed by atoms with van der Waals surface area (Å²) in [5.41, 5.74) is 2.93. The van der Waals surface area contributed by atoms with Crippen LogP contribution in [-0.4, -0.2) is 5.54 Å². The normalized spacial score (nSPS) is 29.9. The van der Waals surface area contributed by atoms with Crippen molar-refractivity contribution in [3.05, 3.63) is 28.2 Å². The van der Waals surface area contributed by atoms with Gasteiger partial charge in [-0.1, -0.05) is 35.8 Å². The summed E-state index contributed by atoms with van der Waals surface area (Å²) in [6, 6.07) is 6.37. The summed E-state index contributed by atoms with van der Waals surface area (Å²) in [7, 11) is 0. The highest BCUT2D eigenvalue weighted by atomic mass is 79.9. The zero-order chi connectivity index (χ0) is 10.3. The van der Waals surface area contributed by atoms with Gasteiger partial charge in [-0.25, -0.2) is 0 Å². The molecule has 0 radical (unpaired) electrons. The molecule has 1 N–H and O–H groups in total. The minimum atomic E-state index is 0.214. The molecule has 0 amide bonds. The van der Waals surface area contributed by atoms with Crippen LogP contribution in [0.1, 0.15) is 38.7 Å². The molecule has 2 rings (SSSR count). The Bertz CT molecular complexity index is 361. The van der Waals surface area contributed by atoms with E-state index < -0.39 is 0 Å². The van der Waals surface area contributed by atoms with Gasteiger partial charge in [0.25, 0.3) is 0 Å². The summed E-state index contributed by atoms with van der Waals surface area (Å²) in [6.45, 7) is 6.83. The lowest BCUT2D eigenvalue weighted by molar-refractivity contribution is 0.442. The topological polar surface area (TPSA) is 12.0 Å². The molecular weight excluding hydrogens is 238 g/mol.